The lowest BCUT2D eigenvalue weighted by Gasteiger charge is -2.41. The Morgan fingerprint density at radius 3 is 2.69 bits per heavy atom. The summed E-state index contributed by atoms with van der Waals surface area (Å²) in [5.41, 5.74) is 1.10. The Hall–Kier alpha value is -1.47. The molecular formula is C20H31N3O3. The Balaban J connectivity index is 1.62. The summed E-state index contributed by atoms with van der Waals surface area (Å²) in [4.78, 5) is 12.6. The molecule has 3 rings (SSSR count). The summed E-state index contributed by atoms with van der Waals surface area (Å²) < 4.78 is 11.2. The van der Waals surface area contributed by atoms with Crippen molar-refractivity contribution in [1.82, 2.24) is 16.0 Å². The van der Waals surface area contributed by atoms with Gasteiger partial charge in [-0.05, 0) is 32.3 Å². The van der Waals surface area contributed by atoms with Gasteiger partial charge in [0.15, 0.2) is 0 Å². The van der Waals surface area contributed by atoms with Crippen molar-refractivity contribution in [3.63, 3.8) is 0 Å². The van der Waals surface area contributed by atoms with Crippen LogP contribution in [0.3, 0.4) is 0 Å². The van der Waals surface area contributed by atoms with Gasteiger partial charge in [-0.25, -0.2) is 0 Å². The van der Waals surface area contributed by atoms with Gasteiger partial charge in [0.1, 0.15) is 6.04 Å². The molecule has 1 unspecified atom stereocenters. The van der Waals surface area contributed by atoms with Crippen LogP contribution in [0.15, 0.2) is 30.3 Å². The van der Waals surface area contributed by atoms with Crippen molar-refractivity contribution in [3.8, 4) is 0 Å². The van der Waals surface area contributed by atoms with Crippen LogP contribution in [-0.2, 0) is 14.3 Å². The minimum Gasteiger partial charge on any atom is -0.381 e. The smallest absolute Gasteiger partial charge is 0.239 e. The van der Waals surface area contributed by atoms with Crippen LogP contribution < -0.4 is 16.0 Å². The third kappa shape index (κ3) is 4.82. The molecule has 3 atom stereocenters. The molecule has 6 heteroatoms. The van der Waals surface area contributed by atoms with E-state index >= 15 is 0 Å². The molecule has 0 spiro atoms. The summed E-state index contributed by atoms with van der Waals surface area (Å²) >= 11 is 0. The molecule has 3 N–H and O–H groups in total. The van der Waals surface area contributed by atoms with E-state index in [4.69, 9.17) is 9.47 Å². The van der Waals surface area contributed by atoms with E-state index in [0.717, 1.165) is 12.8 Å². The maximum absolute atomic E-state index is 12.6. The Bertz CT molecular complexity index is 575. The minimum absolute atomic E-state index is 0.0113. The average molecular weight is 361 g/mol. The minimum atomic E-state index is -0.285. The number of hydrogen-bond acceptors (Lipinski definition) is 5. The Labute approximate surface area is 156 Å². The lowest BCUT2D eigenvalue weighted by molar-refractivity contribution is -0.129. The largest absolute Gasteiger partial charge is 0.381 e. The number of amides is 1. The van der Waals surface area contributed by atoms with E-state index < -0.39 is 0 Å². The second kappa shape index (κ2) is 8.95. The van der Waals surface area contributed by atoms with Gasteiger partial charge in [0.05, 0.1) is 12.7 Å². The normalized spacial score (nSPS) is 26.8. The summed E-state index contributed by atoms with van der Waals surface area (Å²) in [5, 5.41) is 10.2. The fourth-order valence-electron chi connectivity index (χ4n) is 3.81. The van der Waals surface area contributed by atoms with Gasteiger partial charge in [0, 0.05) is 37.9 Å². The molecule has 0 saturated carbocycles. The SMILES string of the molecule is CC(NC1(CNC(=O)[C@H]2NCCO[C@@H]2C)CCOCC1)c1ccccc1. The molecule has 2 heterocycles. The van der Waals surface area contributed by atoms with Crippen LogP contribution in [0.4, 0.5) is 0 Å². The van der Waals surface area contributed by atoms with E-state index in [-0.39, 0.29) is 29.6 Å². The van der Waals surface area contributed by atoms with E-state index in [0.29, 0.717) is 32.9 Å². The van der Waals surface area contributed by atoms with Crippen LogP contribution in [0.2, 0.25) is 0 Å². The van der Waals surface area contributed by atoms with Crippen molar-refractivity contribution in [3.05, 3.63) is 35.9 Å². The van der Waals surface area contributed by atoms with E-state index in [1.807, 2.05) is 13.0 Å². The molecule has 0 radical (unpaired) electrons. The van der Waals surface area contributed by atoms with Crippen molar-refractivity contribution in [2.45, 2.75) is 50.4 Å². The molecule has 2 aliphatic rings. The van der Waals surface area contributed by atoms with E-state index in [1.165, 1.54) is 5.56 Å². The molecule has 1 amide bonds. The van der Waals surface area contributed by atoms with Gasteiger partial charge in [-0.2, -0.15) is 0 Å². The van der Waals surface area contributed by atoms with Crippen molar-refractivity contribution in [2.24, 2.45) is 0 Å². The topological polar surface area (TPSA) is 71.6 Å². The van der Waals surface area contributed by atoms with Crippen molar-refractivity contribution in [2.75, 3.05) is 32.9 Å². The molecule has 0 aliphatic carbocycles. The maximum atomic E-state index is 12.6. The average Bonchev–Trinajstić information content (AvgIpc) is 2.68. The first-order chi connectivity index (χ1) is 12.6. The number of hydrogen-bond donors (Lipinski definition) is 3. The molecule has 1 aromatic rings. The second-order valence-electron chi connectivity index (χ2n) is 7.39. The summed E-state index contributed by atoms with van der Waals surface area (Å²) in [7, 11) is 0. The summed E-state index contributed by atoms with van der Waals surface area (Å²) in [5.74, 6) is 0.0113. The van der Waals surface area contributed by atoms with Gasteiger partial charge >= 0.3 is 0 Å². The molecule has 0 aromatic heterocycles. The highest BCUT2D eigenvalue weighted by Crippen LogP contribution is 2.25. The van der Waals surface area contributed by atoms with E-state index in [1.54, 1.807) is 0 Å². The third-order valence-electron chi connectivity index (χ3n) is 5.47. The van der Waals surface area contributed by atoms with Gasteiger partial charge in [-0.1, -0.05) is 30.3 Å². The van der Waals surface area contributed by atoms with Crippen LogP contribution >= 0.6 is 0 Å². The molecule has 6 nitrogen and oxygen atoms in total. The summed E-state index contributed by atoms with van der Waals surface area (Å²) in [6.07, 6.45) is 1.66. The van der Waals surface area contributed by atoms with Crippen LogP contribution in [0, 0.1) is 0 Å². The summed E-state index contributed by atoms with van der Waals surface area (Å²) in [6, 6.07) is 10.3. The van der Waals surface area contributed by atoms with Crippen LogP contribution in [0.25, 0.3) is 0 Å². The van der Waals surface area contributed by atoms with Gasteiger partial charge in [-0.15, -0.1) is 0 Å². The quantitative estimate of drug-likeness (QED) is 0.714. The number of benzene rings is 1. The van der Waals surface area contributed by atoms with Crippen molar-refractivity contribution >= 4 is 5.91 Å². The first kappa shape index (κ1) is 19.3. The van der Waals surface area contributed by atoms with Crippen LogP contribution in [0.5, 0.6) is 0 Å². The number of morpholine rings is 1. The molecule has 144 valence electrons. The van der Waals surface area contributed by atoms with Crippen LogP contribution in [0.1, 0.15) is 38.3 Å². The lowest BCUT2D eigenvalue weighted by atomic mass is 9.88. The van der Waals surface area contributed by atoms with Gasteiger partial charge in [0.25, 0.3) is 0 Å². The summed E-state index contributed by atoms with van der Waals surface area (Å²) in [6.45, 7) is 7.50. The molecule has 26 heavy (non-hydrogen) atoms. The zero-order valence-electron chi connectivity index (χ0n) is 15.8. The Morgan fingerprint density at radius 2 is 2.00 bits per heavy atom. The monoisotopic (exact) mass is 361 g/mol. The Morgan fingerprint density at radius 1 is 1.27 bits per heavy atom. The third-order valence-corrected chi connectivity index (χ3v) is 5.47. The predicted octanol–water partition coefficient (Wildman–Crippen LogP) is 1.38. The van der Waals surface area contributed by atoms with Crippen molar-refractivity contribution in [1.29, 1.82) is 0 Å². The molecular weight excluding hydrogens is 330 g/mol. The Kier molecular flexibility index (Phi) is 6.64. The van der Waals surface area contributed by atoms with Gasteiger partial charge in [-0.3, -0.25) is 4.79 Å². The van der Waals surface area contributed by atoms with Crippen LogP contribution in [-0.4, -0.2) is 56.5 Å². The number of ether oxygens (including phenoxy) is 2. The fourth-order valence-corrected chi connectivity index (χ4v) is 3.81. The first-order valence-electron chi connectivity index (χ1n) is 9.63. The zero-order valence-corrected chi connectivity index (χ0v) is 15.8. The first-order valence-corrected chi connectivity index (χ1v) is 9.63. The van der Waals surface area contributed by atoms with Crippen molar-refractivity contribution < 1.29 is 14.3 Å². The standard InChI is InChI=1S/C20H31N3O3/c1-15(17-6-4-3-5-7-17)23-20(8-11-25-12-9-20)14-22-19(24)18-16(2)26-13-10-21-18/h3-7,15-16,18,21,23H,8-14H2,1-2H3,(H,22,24)/t15?,16-,18+/m1/s1. The number of carbonyl (C=O) groups excluding carboxylic acids is 1. The highest BCUT2D eigenvalue weighted by molar-refractivity contribution is 5.82. The van der Waals surface area contributed by atoms with E-state index in [2.05, 4.69) is 47.1 Å². The fraction of sp³-hybridized carbons (Fsp3) is 0.650. The number of rotatable bonds is 6. The number of carbonyl (C=O) groups is 1. The van der Waals surface area contributed by atoms with Gasteiger partial charge in [0.2, 0.25) is 5.91 Å². The molecule has 1 aromatic carbocycles. The highest BCUT2D eigenvalue weighted by Gasteiger charge is 2.36. The second-order valence-corrected chi connectivity index (χ2v) is 7.39. The molecule has 2 aliphatic heterocycles. The molecule has 2 fully saturated rings. The maximum Gasteiger partial charge on any atom is 0.239 e. The number of nitrogens with one attached hydrogen (secondary N) is 3. The van der Waals surface area contributed by atoms with Gasteiger partial charge < -0.3 is 25.4 Å². The van der Waals surface area contributed by atoms with E-state index in [9.17, 15) is 4.79 Å². The predicted molar refractivity (Wildman–Crippen MR) is 101 cm³/mol. The lowest BCUT2D eigenvalue weighted by Crippen LogP contribution is -2.61. The molecule has 0 bridgehead atoms. The molecule has 2 saturated heterocycles. The highest BCUT2D eigenvalue weighted by atomic mass is 16.5. The zero-order chi connectivity index (χ0) is 18.4.